The van der Waals surface area contributed by atoms with Crippen molar-refractivity contribution in [1.82, 2.24) is 14.5 Å². The number of nitrogens with zero attached hydrogens (tertiary/aromatic N) is 3. The van der Waals surface area contributed by atoms with E-state index in [4.69, 9.17) is 14.7 Å². The molecule has 8 aromatic rings. The fraction of sp³-hybridized carbons (Fsp3) is 0.0732. The van der Waals surface area contributed by atoms with Gasteiger partial charge in [-0.25, -0.2) is 9.97 Å². The molecular weight excluding hydrogens is 566 g/mol. The maximum atomic E-state index is 10.9. The summed E-state index contributed by atoms with van der Waals surface area (Å²) in [5, 5.41) is 14.0. The van der Waals surface area contributed by atoms with Gasteiger partial charge in [0.25, 0.3) is 0 Å². The van der Waals surface area contributed by atoms with Gasteiger partial charge in [-0.15, -0.1) is 0 Å². The molecule has 222 valence electrons. The summed E-state index contributed by atoms with van der Waals surface area (Å²) in [5.74, 6) is 1.98. The Balaban J connectivity index is 1.43. The number of phenolic OH excluding ortho intramolecular Hbond substituents is 1. The molecule has 0 unspecified atom stereocenters. The van der Waals surface area contributed by atoms with Crippen LogP contribution in [-0.4, -0.2) is 19.6 Å². The molecule has 0 fully saturated rings. The average molecular weight is 598 g/mol. The van der Waals surface area contributed by atoms with Crippen molar-refractivity contribution < 1.29 is 9.84 Å². The smallest absolute Gasteiger partial charge is 0.220 e. The van der Waals surface area contributed by atoms with E-state index < -0.39 is 0 Å². The van der Waals surface area contributed by atoms with Gasteiger partial charge in [-0.3, -0.25) is 4.57 Å². The van der Waals surface area contributed by atoms with E-state index >= 15 is 0 Å². The number of aryl methyl sites for hydroxylation is 3. The molecule has 0 spiro atoms. The third kappa shape index (κ3) is 4.56. The number of rotatable bonds is 5. The Morgan fingerprint density at radius 1 is 0.652 bits per heavy atom. The predicted octanol–water partition coefficient (Wildman–Crippen LogP) is 10.5. The highest BCUT2D eigenvalue weighted by Gasteiger charge is 2.21. The maximum Gasteiger partial charge on any atom is 0.220 e. The quantitative estimate of drug-likeness (QED) is 0.214. The van der Waals surface area contributed by atoms with Crippen LogP contribution in [0.15, 0.2) is 128 Å². The van der Waals surface area contributed by atoms with Gasteiger partial charge in [0.2, 0.25) is 5.88 Å². The van der Waals surface area contributed by atoms with E-state index in [0.717, 1.165) is 49.7 Å². The summed E-state index contributed by atoms with van der Waals surface area (Å²) < 4.78 is 8.91. The second-order valence-corrected chi connectivity index (χ2v) is 11.8. The first-order valence-electron chi connectivity index (χ1n) is 15.4. The molecule has 46 heavy (non-hydrogen) atoms. The fourth-order valence-electron chi connectivity index (χ4n) is 6.90. The summed E-state index contributed by atoms with van der Waals surface area (Å²) in [5.41, 5.74) is 10.4. The normalized spacial score (nSPS) is 11.5. The highest BCUT2D eigenvalue weighted by Crippen LogP contribution is 2.44. The molecular formula is C41H31N3O2. The number of benzene rings is 5. The summed E-state index contributed by atoms with van der Waals surface area (Å²) in [7, 11) is 0. The molecule has 5 heteroatoms. The van der Waals surface area contributed by atoms with Crippen LogP contribution in [-0.2, 0) is 0 Å². The predicted molar refractivity (Wildman–Crippen MR) is 187 cm³/mol. The molecule has 8 rings (SSSR count). The number of hydrogen-bond donors (Lipinski definition) is 1. The third-order valence-corrected chi connectivity index (χ3v) is 8.67. The summed E-state index contributed by atoms with van der Waals surface area (Å²) in [6, 6.07) is 40.7. The van der Waals surface area contributed by atoms with Gasteiger partial charge in [0.1, 0.15) is 22.8 Å². The van der Waals surface area contributed by atoms with Crippen molar-refractivity contribution >= 4 is 32.7 Å². The highest BCUT2D eigenvalue weighted by atomic mass is 16.5. The first kappa shape index (κ1) is 27.6. The van der Waals surface area contributed by atoms with E-state index in [1.807, 2.05) is 60.8 Å². The summed E-state index contributed by atoms with van der Waals surface area (Å²) >= 11 is 0. The number of aromatic nitrogens is 3. The molecule has 0 aliphatic heterocycles. The largest absolute Gasteiger partial charge is 0.506 e. The Labute approximate surface area is 267 Å². The van der Waals surface area contributed by atoms with E-state index in [2.05, 4.69) is 86.0 Å². The van der Waals surface area contributed by atoms with Crippen LogP contribution in [0.5, 0.6) is 17.4 Å². The van der Waals surface area contributed by atoms with Gasteiger partial charge in [0.05, 0.1) is 11.0 Å². The van der Waals surface area contributed by atoms with Gasteiger partial charge < -0.3 is 9.84 Å². The Morgan fingerprint density at radius 2 is 1.39 bits per heavy atom. The lowest BCUT2D eigenvalue weighted by atomic mass is 9.91. The molecule has 0 radical (unpaired) electrons. The molecule has 3 heterocycles. The maximum absolute atomic E-state index is 10.9. The minimum absolute atomic E-state index is 0.109. The zero-order chi connectivity index (χ0) is 31.4. The topological polar surface area (TPSA) is 60.2 Å². The average Bonchev–Trinajstić information content (AvgIpc) is 3.39. The van der Waals surface area contributed by atoms with Gasteiger partial charge in [0, 0.05) is 34.5 Å². The zero-order valence-electron chi connectivity index (χ0n) is 25.8. The van der Waals surface area contributed by atoms with Crippen molar-refractivity contribution in [2.75, 3.05) is 0 Å². The van der Waals surface area contributed by atoms with E-state index in [-0.39, 0.29) is 5.75 Å². The second kappa shape index (κ2) is 10.9. The fourth-order valence-corrected chi connectivity index (χ4v) is 6.90. The SMILES string of the molecule is Cc1cc(C)c(-c2cc(Oc3cc(-c4ccccc4)c4cccc(O)c4n3)cc3c2c2ccccc2n3-c2ccccn2)c(C)c1. The first-order chi connectivity index (χ1) is 22.5. The lowest BCUT2D eigenvalue weighted by molar-refractivity contribution is 0.460. The summed E-state index contributed by atoms with van der Waals surface area (Å²) in [6.45, 7) is 6.48. The number of phenols is 1. The zero-order valence-corrected chi connectivity index (χ0v) is 25.8. The van der Waals surface area contributed by atoms with Crippen molar-refractivity contribution in [3.8, 4) is 45.5 Å². The van der Waals surface area contributed by atoms with Gasteiger partial charge >= 0.3 is 0 Å². The third-order valence-electron chi connectivity index (χ3n) is 8.67. The summed E-state index contributed by atoms with van der Waals surface area (Å²) in [4.78, 5) is 9.57. The minimum Gasteiger partial charge on any atom is -0.506 e. The molecule has 0 saturated heterocycles. The first-order valence-corrected chi connectivity index (χ1v) is 15.4. The molecule has 5 nitrogen and oxygen atoms in total. The monoisotopic (exact) mass is 597 g/mol. The minimum atomic E-state index is 0.109. The molecule has 3 aromatic heterocycles. The number of para-hydroxylation sites is 2. The van der Waals surface area contributed by atoms with E-state index in [9.17, 15) is 5.11 Å². The Hall–Kier alpha value is -5.94. The molecule has 5 aromatic carbocycles. The van der Waals surface area contributed by atoms with Crippen LogP contribution < -0.4 is 4.74 Å². The Morgan fingerprint density at radius 3 is 2.17 bits per heavy atom. The van der Waals surface area contributed by atoms with Crippen molar-refractivity contribution in [3.63, 3.8) is 0 Å². The number of ether oxygens (including phenoxy) is 1. The Bertz CT molecular complexity index is 2410. The molecule has 1 N–H and O–H groups in total. The van der Waals surface area contributed by atoms with Gasteiger partial charge in [-0.05, 0) is 84.5 Å². The van der Waals surface area contributed by atoms with Crippen molar-refractivity contribution in [2.24, 2.45) is 0 Å². The van der Waals surface area contributed by atoms with E-state index in [0.29, 0.717) is 17.1 Å². The molecule has 0 saturated carbocycles. The molecule has 0 aliphatic rings. The van der Waals surface area contributed by atoms with Crippen molar-refractivity contribution in [1.29, 1.82) is 0 Å². The van der Waals surface area contributed by atoms with E-state index in [1.165, 1.54) is 22.3 Å². The molecule has 0 bridgehead atoms. The van der Waals surface area contributed by atoms with Gasteiger partial charge in [-0.2, -0.15) is 0 Å². The standard InChI is InChI=1S/C41H31N3O2/c1-25-20-26(2)39(27(3)21-25)33-22-29(23-35-40(33)31-14-7-8-16-34(31)44(35)37-18-9-10-19-42-37)46-38-24-32(28-12-5-4-6-13-28)30-15-11-17-36(45)41(30)43-38/h4-24,45H,1-3H3. The van der Waals surface area contributed by atoms with Gasteiger partial charge in [-0.1, -0.05) is 84.4 Å². The van der Waals surface area contributed by atoms with Crippen LogP contribution >= 0.6 is 0 Å². The van der Waals surface area contributed by atoms with E-state index in [1.54, 1.807) is 6.07 Å². The highest BCUT2D eigenvalue weighted by molar-refractivity contribution is 6.16. The lowest BCUT2D eigenvalue weighted by Gasteiger charge is -2.16. The molecule has 0 amide bonds. The molecule has 0 atom stereocenters. The Kier molecular flexibility index (Phi) is 6.54. The number of aromatic hydroxyl groups is 1. The van der Waals surface area contributed by atoms with Crippen molar-refractivity contribution in [2.45, 2.75) is 20.8 Å². The van der Waals surface area contributed by atoms with Crippen LogP contribution in [0.3, 0.4) is 0 Å². The number of hydrogen-bond acceptors (Lipinski definition) is 4. The number of fused-ring (bicyclic) bond motifs is 4. The molecule has 0 aliphatic carbocycles. The van der Waals surface area contributed by atoms with Crippen LogP contribution in [0, 0.1) is 20.8 Å². The second-order valence-electron chi connectivity index (χ2n) is 11.8. The van der Waals surface area contributed by atoms with Crippen LogP contribution in [0.1, 0.15) is 16.7 Å². The van der Waals surface area contributed by atoms with Crippen LogP contribution in [0.25, 0.3) is 60.8 Å². The van der Waals surface area contributed by atoms with Crippen LogP contribution in [0.2, 0.25) is 0 Å². The summed E-state index contributed by atoms with van der Waals surface area (Å²) in [6.07, 6.45) is 1.82. The van der Waals surface area contributed by atoms with Crippen molar-refractivity contribution in [3.05, 3.63) is 144 Å². The van der Waals surface area contributed by atoms with Crippen LogP contribution in [0.4, 0.5) is 0 Å². The van der Waals surface area contributed by atoms with Gasteiger partial charge in [0.15, 0.2) is 0 Å². The lowest BCUT2D eigenvalue weighted by Crippen LogP contribution is -1.98. The number of pyridine rings is 2.